The van der Waals surface area contributed by atoms with Crippen molar-refractivity contribution in [2.24, 2.45) is 0 Å². The van der Waals surface area contributed by atoms with Crippen LogP contribution >= 0.6 is 0 Å². The summed E-state index contributed by atoms with van der Waals surface area (Å²) in [5, 5.41) is 0. The van der Waals surface area contributed by atoms with Gasteiger partial charge in [-0.15, -0.1) is 6.58 Å². The number of carbonyl (C=O) groups excluding carboxylic acids is 1. The van der Waals surface area contributed by atoms with Crippen LogP contribution in [0.1, 0.15) is 72.1 Å². The van der Waals surface area contributed by atoms with E-state index in [0.717, 1.165) is 57.5 Å². The SMILES string of the molecule is C=CCN1C2CCC1CN(C(c1ccc(C(=O)N3CCCC3)cc1)c1cccc(CC)c1)CC2. The van der Waals surface area contributed by atoms with Gasteiger partial charge < -0.3 is 4.90 Å². The molecule has 4 nitrogen and oxygen atoms in total. The van der Waals surface area contributed by atoms with Gasteiger partial charge in [0.25, 0.3) is 5.91 Å². The van der Waals surface area contributed by atoms with Crippen LogP contribution in [0.15, 0.2) is 61.2 Å². The number of carbonyl (C=O) groups is 1. The average molecular weight is 458 g/mol. The number of benzene rings is 2. The molecule has 3 fully saturated rings. The molecule has 0 spiro atoms. The van der Waals surface area contributed by atoms with Gasteiger partial charge in [-0.05, 0) is 67.3 Å². The van der Waals surface area contributed by atoms with E-state index in [9.17, 15) is 4.79 Å². The number of nitrogens with zero attached hydrogens (tertiary/aromatic N) is 3. The molecule has 3 aliphatic heterocycles. The second-order valence-electron chi connectivity index (χ2n) is 10.3. The molecule has 0 saturated carbocycles. The molecule has 3 heterocycles. The van der Waals surface area contributed by atoms with Crippen LogP contribution < -0.4 is 0 Å². The van der Waals surface area contributed by atoms with E-state index in [1.54, 1.807) is 0 Å². The lowest BCUT2D eigenvalue weighted by molar-refractivity contribution is 0.0793. The summed E-state index contributed by atoms with van der Waals surface area (Å²) in [6, 6.07) is 19.1. The summed E-state index contributed by atoms with van der Waals surface area (Å²) in [7, 11) is 0. The van der Waals surface area contributed by atoms with Crippen molar-refractivity contribution in [1.29, 1.82) is 0 Å². The van der Waals surface area contributed by atoms with Gasteiger partial charge in [-0.2, -0.15) is 0 Å². The van der Waals surface area contributed by atoms with E-state index in [1.807, 2.05) is 4.90 Å². The number of aryl methyl sites for hydroxylation is 1. The fraction of sp³-hybridized carbons (Fsp3) is 0.500. The van der Waals surface area contributed by atoms with Crippen molar-refractivity contribution < 1.29 is 4.79 Å². The maximum atomic E-state index is 12.9. The first kappa shape index (κ1) is 23.3. The molecule has 4 heteroatoms. The van der Waals surface area contributed by atoms with Crippen molar-refractivity contribution in [3.63, 3.8) is 0 Å². The normalized spacial score (nSPS) is 24.2. The molecule has 2 aromatic carbocycles. The summed E-state index contributed by atoms with van der Waals surface area (Å²) in [5.74, 6) is 0.181. The summed E-state index contributed by atoms with van der Waals surface area (Å²) in [5.41, 5.74) is 4.86. The van der Waals surface area contributed by atoms with Gasteiger partial charge in [0.2, 0.25) is 0 Å². The van der Waals surface area contributed by atoms with Gasteiger partial charge >= 0.3 is 0 Å². The molecule has 0 radical (unpaired) electrons. The highest BCUT2D eigenvalue weighted by atomic mass is 16.2. The molecule has 0 N–H and O–H groups in total. The maximum Gasteiger partial charge on any atom is 0.253 e. The molecular weight excluding hydrogens is 418 g/mol. The minimum Gasteiger partial charge on any atom is -0.339 e. The van der Waals surface area contributed by atoms with E-state index in [4.69, 9.17) is 0 Å². The van der Waals surface area contributed by atoms with Gasteiger partial charge in [0.15, 0.2) is 0 Å². The van der Waals surface area contributed by atoms with Gasteiger partial charge in [-0.3, -0.25) is 14.6 Å². The Morgan fingerprint density at radius 3 is 2.50 bits per heavy atom. The van der Waals surface area contributed by atoms with Crippen LogP contribution in [0.2, 0.25) is 0 Å². The van der Waals surface area contributed by atoms with Crippen molar-refractivity contribution in [3.8, 4) is 0 Å². The van der Waals surface area contributed by atoms with Crippen LogP contribution in [0.5, 0.6) is 0 Å². The fourth-order valence-corrected chi connectivity index (χ4v) is 6.39. The van der Waals surface area contributed by atoms with E-state index in [1.165, 1.54) is 36.0 Å². The van der Waals surface area contributed by atoms with E-state index in [2.05, 4.69) is 77.9 Å². The Morgan fingerprint density at radius 2 is 1.76 bits per heavy atom. The third kappa shape index (κ3) is 4.71. The van der Waals surface area contributed by atoms with Crippen molar-refractivity contribution >= 4 is 5.91 Å². The van der Waals surface area contributed by atoms with Crippen molar-refractivity contribution in [2.45, 2.75) is 63.6 Å². The third-order valence-corrected chi connectivity index (χ3v) is 8.21. The summed E-state index contributed by atoms with van der Waals surface area (Å²) in [4.78, 5) is 20.3. The van der Waals surface area contributed by atoms with E-state index in [-0.39, 0.29) is 11.9 Å². The molecule has 1 amide bonds. The minimum absolute atomic E-state index is 0.181. The van der Waals surface area contributed by atoms with Crippen LogP contribution in [-0.4, -0.2) is 65.4 Å². The van der Waals surface area contributed by atoms with Crippen molar-refractivity contribution in [2.75, 3.05) is 32.7 Å². The Labute approximate surface area is 205 Å². The molecule has 3 unspecified atom stereocenters. The minimum atomic E-state index is 0.181. The van der Waals surface area contributed by atoms with Crippen LogP contribution in [0.3, 0.4) is 0 Å². The zero-order valence-electron chi connectivity index (χ0n) is 20.7. The van der Waals surface area contributed by atoms with Gasteiger partial charge in [-0.1, -0.05) is 49.4 Å². The zero-order chi connectivity index (χ0) is 23.5. The van der Waals surface area contributed by atoms with Crippen molar-refractivity contribution in [3.05, 3.63) is 83.4 Å². The topological polar surface area (TPSA) is 26.8 Å². The smallest absolute Gasteiger partial charge is 0.253 e. The lowest BCUT2D eigenvalue weighted by Gasteiger charge is -2.34. The number of hydrogen-bond donors (Lipinski definition) is 0. The molecule has 0 aliphatic carbocycles. The fourth-order valence-electron chi connectivity index (χ4n) is 6.39. The molecule has 34 heavy (non-hydrogen) atoms. The van der Waals surface area contributed by atoms with Crippen LogP contribution in [0, 0.1) is 0 Å². The Kier molecular flexibility index (Phi) is 7.17. The Morgan fingerprint density at radius 1 is 1.00 bits per heavy atom. The summed E-state index contributed by atoms with van der Waals surface area (Å²) in [6.45, 7) is 11.2. The van der Waals surface area contributed by atoms with Crippen LogP contribution in [-0.2, 0) is 6.42 Å². The highest BCUT2D eigenvalue weighted by molar-refractivity contribution is 5.94. The number of rotatable bonds is 7. The lowest BCUT2D eigenvalue weighted by Crippen LogP contribution is -2.40. The molecule has 5 rings (SSSR count). The predicted molar refractivity (Wildman–Crippen MR) is 139 cm³/mol. The van der Waals surface area contributed by atoms with Crippen LogP contribution in [0.4, 0.5) is 0 Å². The Hall–Kier alpha value is -2.43. The summed E-state index contributed by atoms with van der Waals surface area (Å²) in [6.07, 6.45) is 9.16. The second kappa shape index (κ2) is 10.5. The van der Waals surface area contributed by atoms with Crippen LogP contribution in [0.25, 0.3) is 0 Å². The molecule has 2 aromatic rings. The van der Waals surface area contributed by atoms with Crippen molar-refractivity contribution in [1.82, 2.24) is 14.7 Å². The number of fused-ring (bicyclic) bond motifs is 2. The number of likely N-dealkylation sites (tertiary alicyclic amines) is 2. The highest BCUT2D eigenvalue weighted by Gasteiger charge is 2.38. The summed E-state index contributed by atoms with van der Waals surface area (Å²) >= 11 is 0. The molecule has 2 bridgehead atoms. The number of hydrogen-bond acceptors (Lipinski definition) is 3. The van der Waals surface area contributed by atoms with Gasteiger partial charge in [0, 0.05) is 50.4 Å². The monoisotopic (exact) mass is 457 g/mol. The Bertz CT molecular complexity index is 994. The summed E-state index contributed by atoms with van der Waals surface area (Å²) < 4.78 is 0. The highest BCUT2D eigenvalue weighted by Crippen LogP contribution is 2.36. The first-order valence-electron chi connectivity index (χ1n) is 13.3. The standard InChI is InChI=1S/C30H39N3O/c1-3-17-33-27-14-15-28(33)22-32(20-16-27)29(26-9-7-8-23(4-2)21-26)24-10-12-25(13-11-24)30(34)31-18-5-6-19-31/h3,7-13,21,27-29H,1,4-6,14-20,22H2,2H3. The van der Waals surface area contributed by atoms with E-state index >= 15 is 0 Å². The quantitative estimate of drug-likeness (QED) is 0.528. The maximum absolute atomic E-state index is 12.9. The van der Waals surface area contributed by atoms with E-state index < -0.39 is 0 Å². The molecule has 180 valence electrons. The number of amides is 1. The van der Waals surface area contributed by atoms with E-state index in [0.29, 0.717) is 12.1 Å². The van der Waals surface area contributed by atoms with Gasteiger partial charge in [0.05, 0.1) is 6.04 Å². The molecule has 3 aliphatic rings. The first-order chi connectivity index (χ1) is 16.7. The molecule has 3 saturated heterocycles. The average Bonchev–Trinajstić information content (AvgIpc) is 3.49. The molecule has 0 aromatic heterocycles. The Balaban J connectivity index is 1.45. The lowest BCUT2D eigenvalue weighted by atomic mass is 9.93. The third-order valence-electron chi connectivity index (χ3n) is 8.21. The second-order valence-corrected chi connectivity index (χ2v) is 10.3. The van der Waals surface area contributed by atoms with Gasteiger partial charge in [-0.25, -0.2) is 0 Å². The first-order valence-corrected chi connectivity index (χ1v) is 13.3. The largest absolute Gasteiger partial charge is 0.339 e. The zero-order valence-corrected chi connectivity index (χ0v) is 20.7. The molecule has 3 atom stereocenters. The van der Waals surface area contributed by atoms with Gasteiger partial charge in [0.1, 0.15) is 0 Å². The predicted octanol–water partition coefficient (Wildman–Crippen LogP) is 5.30. The molecular formula is C30H39N3O.